The Morgan fingerprint density at radius 1 is 1.20 bits per heavy atom. The van der Waals surface area contributed by atoms with Crippen LogP contribution in [0, 0.1) is 13.8 Å². The second-order valence-corrected chi connectivity index (χ2v) is 6.08. The standard InChI is InChI=1S/C16H18N2OS/c1-11-3-5-13(6-4-11)10-18-14(9-15(17)19-18)16-12(2)7-8-20-16/h3-9,14H,10,17H2,1-2H3. The molecule has 1 aromatic carbocycles. The van der Waals surface area contributed by atoms with E-state index in [-0.39, 0.29) is 6.04 Å². The SMILES string of the molecule is Cc1ccc(CN2OC(N)=CC2c2sccc2C)cc1. The summed E-state index contributed by atoms with van der Waals surface area (Å²) in [6.45, 7) is 4.94. The molecule has 3 rings (SSSR count). The van der Waals surface area contributed by atoms with Crippen molar-refractivity contribution in [1.29, 1.82) is 0 Å². The van der Waals surface area contributed by atoms with Crippen LogP contribution < -0.4 is 5.73 Å². The van der Waals surface area contributed by atoms with Crippen LogP contribution in [-0.4, -0.2) is 5.06 Å². The van der Waals surface area contributed by atoms with Crippen molar-refractivity contribution in [3.63, 3.8) is 0 Å². The van der Waals surface area contributed by atoms with E-state index in [1.807, 2.05) is 11.1 Å². The summed E-state index contributed by atoms with van der Waals surface area (Å²) in [7, 11) is 0. The van der Waals surface area contributed by atoms with Gasteiger partial charge in [0.2, 0.25) is 5.88 Å². The van der Waals surface area contributed by atoms with Gasteiger partial charge >= 0.3 is 0 Å². The van der Waals surface area contributed by atoms with Gasteiger partial charge in [0.15, 0.2) is 0 Å². The van der Waals surface area contributed by atoms with E-state index in [0.29, 0.717) is 5.88 Å². The molecule has 3 nitrogen and oxygen atoms in total. The van der Waals surface area contributed by atoms with Crippen molar-refractivity contribution in [2.45, 2.75) is 26.4 Å². The normalized spacial score (nSPS) is 18.9. The first kappa shape index (κ1) is 13.2. The highest BCUT2D eigenvalue weighted by Gasteiger charge is 2.29. The zero-order valence-corrected chi connectivity index (χ0v) is 12.5. The molecule has 2 heterocycles. The van der Waals surface area contributed by atoms with Crippen LogP contribution in [0.3, 0.4) is 0 Å². The molecule has 0 bridgehead atoms. The summed E-state index contributed by atoms with van der Waals surface area (Å²) in [5, 5.41) is 4.05. The van der Waals surface area contributed by atoms with E-state index in [9.17, 15) is 0 Å². The van der Waals surface area contributed by atoms with Gasteiger partial charge in [-0.2, -0.15) is 0 Å². The smallest absolute Gasteiger partial charge is 0.207 e. The second kappa shape index (κ2) is 5.31. The van der Waals surface area contributed by atoms with E-state index in [1.165, 1.54) is 21.6 Å². The summed E-state index contributed by atoms with van der Waals surface area (Å²) in [6.07, 6.45) is 1.98. The summed E-state index contributed by atoms with van der Waals surface area (Å²) >= 11 is 1.74. The Labute approximate surface area is 123 Å². The van der Waals surface area contributed by atoms with E-state index >= 15 is 0 Å². The molecule has 0 fully saturated rings. The lowest BCUT2D eigenvalue weighted by Crippen LogP contribution is -2.23. The Balaban J connectivity index is 1.82. The number of benzene rings is 1. The predicted octanol–water partition coefficient (Wildman–Crippen LogP) is 3.65. The van der Waals surface area contributed by atoms with E-state index in [1.54, 1.807) is 11.3 Å². The molecule has 0 saturated heterocycles. The van der Waals surface area contributed by atoms with Gasteiger partial charge in [0.25, 0.3) is 0 Å². The lowest BCUT2D eigenvalue weighted by atomic mass is 10.1. The van der Waals surface area contributed by atoms with Gasteiger partial charge in [-0.1, -0.05) is 29.8 Å². The van der Waals surface area contributed by atoms with Gasteiger partial charge in [-0.25, -0.2) is 0 Å². The molecule has 0 saturated carbocycles. The van der Waals surface area contributed by atoms with Gasteiger partial charge < -0.3 is 10.6 Å². The number of thiophene rings is 1. The molecule has 1 aromatic heterocycles. The van der Waals surface area contributed by atoms with Gasteiger partial charge in [0, 0.05) is 11.0 Å². The van der Waals surface area contributed by atoms with Crippen LogP contribution in [-0.2, 0) is 11.4 Å². The minimum atomic E-state index is 0.108. The molecule has 1 aliphatic rings. The molecule has 4 heteroatoms. The van der Waals surface area contributed by atoms with Crippen molar-refractivity contribution in [2.24, 2.45) is 5.73 Å². The highest BCUT2D eigenvalue weighted by molar-refractivity contribution is 7.10. The van der Waals surface area contributed by atoms with E-state index in [0.717, 1.165) is 6.54 Å². The fourth-order valence-corrected chi connectivity index (χ4v) is 3.36. The first-order valence-corrected chi connectivity index (χ1v) is 7.53. The van der Waals surface area contributed by atoms with Crippen molar-refractivity contribution in [3.8, 4) is 0 Å². The third kappa shape index (κ3) is 2.57. The Kier molecular flexibility index (Phi) is 3.51. The van der Waals surface area contributed by atoms with Crippen molar-refractivity contribution >= 4 is 11.3 Å². The van der Waals surface area contributed by atoms with Crippen molar-refractivity contribution in [1.82, 2.24) is 5.06 Å². The summed E-state index contributed by atoms with van der Waals surface area (Å²) in [5.41, 5.74) is 9.62. The van der Waals surface area contributed by atoms with Gasteiger partial charge in [0.05, 0.1) is 6.54 Å². The van der Waals surface area contributed by atoms with E-state index in [2.05, 4.69) is 49.6 Å². The fourth-order valence-electron chi connectivity index (χ4n) is 2.36. The van der Waals surface area contributed by atoms with Gasteiger partial charge in [-0.15, -0.1) is 16.4 Å². The molecule has 0 amide bonds. The molecule has 2 aromatic rings. The number of aryl methyl sites for hydroxylation is 2. The Hall–Kier alpha value is -1.78. The topological polar surface area (TPSA) is 38.5 Å². The number of hydroxylamine groups is 2. The molecular formula is C16H18N2OS. The van der Waals surface area contributed by atoms with Gasteiger partial charge in [-0.3, -0.25) is 0 Å². The minimum absolute atomic E-state index is 0.108. The molecule has 2 N–H and O–H groups in total. The summed E-state index contributed by atoms with van der Waals surface area (Å²) < 4.78 is 0. The first-order valence-electron chi connectivity index (χ1n) is 6.65. The summed E-state index contributed by atoms with van der Waals surface area (Å²) in [5.74, 6) is 0.481. The Morgan fingerprint density at radius 2 is 1.95 bits per heavy atom. The first-order chi connectivity index (χ1) is 9.63. The maximum absolute atomic E-state index is 5.85. The van der Waals surface area contributed by atoms with Gasteiger partial charge in [-0.05, 0) is 36.4 Å². The van der Waals surface area contributed by atoms with Crippen LogP contribution in [0.15, 0.2) is 47.7 Å². The summed E-state index contributed by atoms with van der Waals surface area (Å²) in [6, 6.07) is 10.7. The number of nitrogens with zero attached hydrogens (tertiary/aromatic N) is 1. The molecule has 1 aliphatic heterocycles. The molecule has 0 aliphatic carbocycles. The zero-order chi connectivity index (χ0) is 14.1. The predicted molar refractivity (Wildman–Crippen MR) is 81.9 cm³/mol. The Bertz CT molecular complexity index is 630. The van der Waals surface area contributed by atoms with Crippen molar-refractivity contribution < 1.29 is 4.84 Å². The summed E-state index contributed by atoms with van der Waals surface area (Å²) in [4.78, 5) is 6.96. The molecule has 1 atom stereocenters. The second-order valence-electron chi connectivity index (χ2n) is 5.13. The molecule has 0 spiro atoms. The lowest BCUT2D eigenvalue weighted by molar-refractivity contribution is -0.127. The molecule has 1 unspecified atom stereocenters. The highest BCUT2D eigenvalue weighted by atomic mass is 32.1. The van der Waals surface area contributed by atoms with E-state index in [4.69, 9.17) is 10.6 Å². The molecule has 104 valence electrons. The lowest BCUT2D eigenvalue weighted by Gasteiger charge is -2.22. The van der Waals surface area contributed by atoms with E-state index < -0.39 is 0 Å². The Morgan fingerprint density at radius 3 is 2.60 bits per heavy atom. The fraction of sp³-hybridized carbons (Fsp3) is 0.250. The molecule has 0 radical (unpaired) electrons. The average molecular weight is 286 g/mol. The number of hydrogen-bond acceptors (Lipinski definition) is 4. The van der Waals surface area contributed by atoms with Crippen LogP contribution in [0.5, 0.6) is 0 Å². The van der Waals surface area contributed by atoms with Crippen molar-refractivity contribution in [2.75, 3.05) is 0 Å². The minimum Gasteiger partial charge on any atom is -0.387 e. The third-order valence-electron chi connectivity index (χ3n) is 3.48. The maximum Gasteiger partial charge on any atom is 0.207 e. The third-order valence-corrected chi connectivity index (χ3v) is 4.57. The van der Waals surface area contributed by atoms with Crippen LogP contribution in [0.1, 0.15) is 27.6 Å². The monoisotopic (exact) mass is 286 g/mol. The van der Waals surface area contributed by atoms with Crippen molar-refractivity contribution in [3.05, 3.63) is 69.2 Å². The number of rotatable bonds is 3. The van der Waals surface area contributed by atoms with Crippen LogP contribution in [0.4, 0.5) is 0 Å². The molecular weight excluding hydrogens is 268 g/mol. The molecule has 20 heavy (non-hydrogen) atoms. The quantitative estimate of drug-likeness (QED) is 0.936. The van der Waals surface area contributed by atoms with Crippen LogP contribution in [0.2, 0.25) is 0 Å². The average Bonchev–Trinajstić information content (AvgIpc) is 2.98. The maximum atomic E-state index is 5.85. The van der Waals surface area contributed by atoms with Crippen LogP contribution in [0.25, 0.3) is 0 Å². The van der Waals surface area contributed by atoms with Crippen LogP contribution >= 0.6 is 11.3 Å². The number of nitrogens with two attached hydrogens (primary N) is 1. The number of hydrogen-bond donors (Lipinski definition) is 1. The largest absolute Gasteiger partial charge is 0.387 e. The zero-order valence-electron chi connectivity index (χ0n) is 11.7. The van der Waals surface area contributed by atoms with Gasteiger partial charge in [0.1, 0.15) is 6.04 Å². The highest BCUT2D eigenvalue weighted by Crippen LogP contribution is 2.35.